The third-order valence-corrected chi connectivity index (χ3v) is 4.68. The standard InChI is InChI=1S/C19H23NO3S/c1-12-10-17(22-3)18(23-4)11-16(12)13(2)20-19(21)14-6-8-15(24-5)9-7-14/h6-11,13H,1-5H3,(H,20,21). The minimum Gasteiger partial charge on any atom is -0.493 e. The molecular formula is C19H23NO3S. The van der Waals surface area contributed by atoms with E-state index in [-0.39, 0.29) is 11.9 Å². The van der Waals surface area contributed by atoms with Gasteiger partial charge in [0.15, 0.2) is 11.5 Å². The largest absolute Gasteiger partial charge is 0.493 e. The maximum absolute atomic E-state index is 12.4. The molecule has 2 aromatic carbocycles. The molecule has 0 aliphatic heterocycles. The highest BCUT2D eigenvalue weighted by atomic mass is 32.2. The van der Waals surface area contributed by atoms with Crippen LogP contribution in [0.15, 0.2) is 41.3 Å². The molecule has 1 N–H and O–H groups in total. The Labute approximate surface area is 147 Å². The van der Waals surface area contributed by atoms with Crippen molar-refractivity contribution in [1.29, 1.82) is 0 Å². The number of rotatable bonds is 6. The highest BCUT2D eigenvalue weighted by Gasteiger charge is 2.16. The molecule has 1 amide bonds. The Balaban J connectivity index is 2.19. The second-order valence-corrected chi connectivity index (χ2v) is 6.37. The van der Waals surface area contributed by atoms with Crippen LogP contribution in [0.3, 0.4) is 0 Å². The van der Waals surface area contributed by atoms with Crippen molar-refractivity contribution in [3.63, 3.8) is 0 Å². The molecule has 0 aromatic heterocycles. The lowest BCUT2D eigenvalue weighted by Crippen LogP contribution is -2.27. The van der Waals surface area contributed by atoms with Crippen LogP contribution in [0.4, 0.5) is 0 Å². The van der Waals surface area contributed by atoms with Gasteiger partial charge >= 0.3 is 0 Å². The van der Waals surface area contributed by atoms with E-state index in [0.717, 1.165) is 16.0 Å². The molecule has 0 radical (unpaired) electrons. The van der Waals surface area contributed by atoms with Crippen LogP contribution >= 0.6 is 11.8 Å². The number of aryl methyl sites for hydroxylation is 1. The summed E-state index contributed by atoms with van der Waals surface area (Å²) in [4.78, 5) is 13.6. The van der Waals surface area contributed by atoms with Crippen LogP contribution in [0.5, 0.6) is 11.5 Å². The summed E-state index contributed by atoms with van der Waals surface area (Å²) in [5, 5.41) is 3.04. The van der Waals surface area contributed by atoms with Crippen molar-refractivity contribution in [1.82, 2.24) is 5.32 Å². The molecule has 0 aliphatic carbocycles. The molecule has 5 heteroatoms. The van der Waals surface area contributed by atoms with Crippen LogP contribution in [-0.2, 0) is 0 Å². The molecule has 24 heavy (non-hydrogen) atoms. The fraction of sp³-hybridized carbons (Fsp3) is 0.316. The zero-order valence-electron chi connectivity index (χ0n) is 14.7. The van der Waals surface area contributed by atoms with Gasteiger partial charge in [-0.05, 0) is 67.6 Å². The molecular weight excluding hydrogens is 322 g/mol. The molecule has 1 unspecified atom stereocenters. The van der Waals surface area contributed by atoms with Gasteiger partial charge in [0.05, 0.1) is 20.3 Å². The second-order valence-electron chi connectivity index (χ2n) is 5.49. The number of nitrogens with one attached hydrogen (secondary N) is 1. The van der Waals surface area contributed by atoms with E-state index in [2.05, 4.69) is 5.32 Å². The number of thioether (sulfide) groups is 1. The highest BCUT2D eigenvalue weighted by Crippen LogP contribution is 2.32. The summed E-state index contributed by atoms with van der Waals surface area (Å²) in [7, 11) is 3.22. The molecule has 0 bridgehead atoms. The van der Waals surface area contributed by atoms with Gasteiger partial charge < -0.3 is 14.8 Å². The summed E-state index contributed by atoms with van der Waals surface area (Å²) in [6, 6.07) is 11.3. The van der Waals surface area contributed by atoms with Gasteiger partial charge in [-0.25, -0.2) is 0 Å². The first-order chi connectivity index (χ1) is 11.5. The summed E-state index contributed by atoms with van der Waals surface area (Å²) in [5.41, 5.74) is 2.69. The summed E-state index contributed by atoms with van der Waals surface area (Å²) in [5.74, 6) is 1.25. The van der Waals surface area contributed by atoms with E-state index < -0.39 is 0 Å². The van der Waals surface area contributed by atoms with Gasteiger partial charge in [0, 0.05) is 10.5 Å². The van der Waals surface area contributed by atoms with Gasteiger partial charge in [-0.15, -0.1) is 11.8 Å². The maximum atomic E-state index is 12.4. The van der Waals surface area contributed by atoms with Gasteiger partial charge in [-0.1, -0.05) is 0 Å². The monoisotopic (exact) mass is 345 g/mol. The van der Waals surface area contributed by atoms with Crippen molar-refractivity contribution < 1.29 is 14.3 Å². The van der Waals surface area contributed by atoms with Crippen molar-refractivity contribution in [2.75, 3.05) is 20.5 Å². The molecule has 2 rings (SSSR count). The van der Waals surface area contributed by atoms with E-state index in [4.69, 9.17) is 9.47 Å². The lowest BCUT2D eigenvalue weighted by atomic mass is 10.0. The van der Waals surface area contributed by atoms with Crippen molar-refractivity contribution in [2.24, 2.45) is 0 Å². The molecule has 0 saturated heterocycles. The van der Waals surface area contributed by atoms with Crippen LogP contribution in [0, 0.1) is 6.92 Å². The minimum absolute atomic E-state index is 0.0932. The summed E-state index contributed by atoms with van der Waals surface area (Å²) in [6.45, 7) is 3.95. The van der Waals surface area contributed by atoms with Crippen LogP contribution < -0.4 is 14.8 Å². The number of hydrogen-bond acceptors (Lipinski definition) is 4. The second kappa shape index (κ2) is 8.11. The number of ether oxygens (including phenoxy) is 2. The van der Waals surface area contributed by atoms with E-state index >= 15 is 0 Å². The molecule has 0 aliphatic rings. The van der Waals surface area contributed by atoms with Crippen molar-refractivity contribution in [3.8, 4) is 11.5 Å². The first kappa shape index (κ1) is 18.2. The van der Waals surface area contributed by atoms with Crippen LogP contribution in [0.1, 0.15) is 34.5 Å². The predicted molar refractivity (Wildman–Crippen MR) is 98.4 cm³/mol. The Bertz CT molecular complexity index is 713. The van der Waals surface area contributed by atoms with E-state index in [1.165, 1.54) is 0 Å². The smallest absolute Gasteiger partial charge is 0.251 e. The van der Waals surface area contributed by atoms with Crippen molar-refractivity contribution in [2.45, 2.75) is 24.8 Å². The summed E-state index contributed by atoms with van der Waals surface area (Å²) >= 11 is 1.65. The maximum Gasteiger partial charge on any atom is 0.251 e. The predicted octanol–water partition coefficient (Wildman–Crippen LogP) is 4.23. The first-order valence-corrected chi connectivity index (χ1v) is 8.90. The first-order valence-electron chi connectivity index (χ1n) is 7.67. The molecule has 0 fully saturated rings. The van der Waals surface area contributed by atoms with Gasteiger partial charge in [0.25, 0.3) is 5.91 Å². The number of carbonyl (C=O) groups is 1. The Morgan fingerprint density at radius 2 is 1.67 bits per heavy atom. The Morgan fingerprint density at radius 1 is 1.08 bits per heavy atom. The Hall–Kier alpha value is -2.14. The normalized spacial score (nSPS) is 11.7. The van der Waals surface area contributed by atoms with Crippen molar-refractivity contribution in [3.05, 3.63) is 53.1 Å². The molecule has 4 nitrogen and oxygen atoms in total. The minimum atomic E-state index is -0.141. The SMILES string of the molecule is COc1cc(C)c(C(C)NC(=O)c2ccc(SC)cc2)cc1OC. The van der Waals surface area contributed by atoms with E-state index in [1.807, 2.05) is 56.5 Å². The number of benzene rings is 2. The van der Waals surface area contributed by atoms with Gasteiger partial charge in [-0.2, -0.15) is 0 Å². The van der Waals surface area contributed by atoms with Crippen LogP contribution in [0.25, 0.3) is 0 Å². The third kappa shape index (κ3) is 4.03. The Kier molecular flexibility index (Phi) is 6.15. The quantitative estimate of drug-likeness (QED) is 0.796. The number of amides is 1. The zero-order chi connectivity index (χ0) is 17.7. The molecule has 0 heterocycles. The van der Waals surface area contributed by atoms with E-state index in [9.17, 15) is 4.79 Å². The van der Waals surface area contributed by atoms with Crippen molar-refractivity contribution >= 4 is 17.7 Å². The summed E-state index contributed by atoms with van der Waals surface area (Å²) in [6.07, 6.45) is 2.01. The molecule has 0 spiro atoms. The molecule has 0 saturated carbocycles. The average Bonchev–Trinajstić information content (AvgIpc) is 2.61. The fourth-order valence-electron chi connectivity index (χ4n) is 2.56. The molecule has 2 aromatic rings. The molecule has 128 valence electrons. The topological polar surface area (TPSA) is 47.6 Å². The average molecular weight is 345 g/mol. The number of methoxy groups -OCH3 is 2. The van der Waals surface area contributed by atoms with E-state index in [1.54, 1.807) is 26.0 Å². The van der Waals surface area contributed by atoms with Gasteiger partial charge in [-0.3, -0.25) is 4.79 Å². The number of carbonyl (C=O) groups excluding carboxylic acids is 1. The fourth-order valence-corrected chi connectivity index (χ4v) is 2.97. The molecule has 1 atom stereocenters. The van der Waals surface area contributed by atoms with Gasteiger partial charge in [0.2, 0.25) is 0 Å². The number of hydrogen-bond donors (Lipinski definition) is 1. The summed E-state index contributed by atoms with van der Waals surface area (Å²) < 4.78 is 10.7. The van der Waals surface area contributed by atoms with Gasteiger partial charge in [0.1, 0.15) is 0 Å². The van der Waals surface area contributed by atoms with Crippen LogP contribution in [0.2, 0.25) is 0 Å². The lowest BCUT2D eigenvalue weighted by molar-refractivity contribution is 0.0939. The lowest BCUT2D eigenvalue weighted by Gasteiger charge is -2.19. The van der Waals surface area contributed by atoms with E-state index in [0.29, 0.717) is 17.1 Å². The Morgan fingerprint density at radius 3 is 2.21 bits per heavy atom. The zero-order valence-corrected chi connectivity index (χ0v) is 15.5. The third-order valence-electron chi connectivity index (χ3n) is 3.94. The highest BCUT2D eigenvalue weighted by molar-refractivity contribution is 7.98. The van der Waals surface area contributed by atoms with Crippen LogP contribution in [-0.4, -0.2) is 26.4 Å².